The van der Waals surface area contributed by atoms with Crippen molar-refractivity contribution in [2.75, 3.05) is 18.0 Å². The Labute approximate surface area is 118 Å². The van der Waals surface area contributed by atoms with Gasteiger partial charge in [-0.3, -0.25) is 9.59 Å². The molecule has 0 amide bonds. The van der Waals surface area contributed by atoms with Gasteiger partial charge in [0.05, 0.1) is 5.41 Å². The van der Waals surface area contributed by atoms with E-state index >= 15 is 0 Å². The zero-order chi connectivity index (χ0) is 14.8. The Morgan fingerprint density at radius 3 is 2.65 bits per heavy atom. The number of carboxylic acids is 1. The van der Waals surface area contributed by atoms with Crippen LogP contribution in [0.3, 0.4) is 0 Å². The van der Waals surface area contributed by atoms with Gasteiger partial charge < -0.3 is 14.6 Å². The number of rotatable bonds is 4. The number of nitrogens with zero attached hydrogens (tertiary/aromatic N) is 3. The minimum atomic E-state index is -0.762. The lowest BCUT2D eigenvalue weighted by Crippen LogP contribution is -2.45. The molecule has 0 atom stereocenters. The van der Waals surface area contributed by atoms with Crippen LogP contribution in [0.5, 0.6) is 0 Å². The summed E-state index contributed by atoms with van der Waals surface area (Å²) in [6, 6.07) is 0. The Hall–Kier alpha value is -1.85. The lowest BCUT2D eigenvalue weighted by atomic mass is 9.80. The highest BCUT2D eigenvalue weighted by Gasteiger charge is 2.37. The third-order valence-corrected chi connectivity index (χ3v) is 4.04. The molecule has 1 aliphatic heterocycles. The van der Waals surface area contributed by atoms with Crippen molar-refractivity contribution >= 4 is 11.8 Å². The molecular weight excluding hydrogens is 258 g/mol. The summed E-state index contributed by atoms with van der Waals surface area (Å²) in [7, 11) is 0. The zero-order valence-electron chi connectivity index (χ0n) is 12.0. The van der Waals surface area contributed by atoms with Gasteiger partial charge in [0.1, 0.15) is 0 Å². The molecule has 1 aromatic rings. The van der Waals surface area contributed by atoms with E-state index in [2.05, 4.69) is 4.98 Å². The summed E-state index contributed by atoms with van der Waals surface area (Å²) in [4.78, 5) is 29.6. The van der Waals surface area contributed by atoms with Crippen molar-refractivity contribution in [3.8, 4) is 0 Å². The number of carboxylic acid groups (broad SMARTS) is 1. The summed E-state index contributed by atoms with van der Waals surface area (Å²) in [5.74, 6) is -0.324. The third kappa shape index (κ3) is 2.69. The van der Waals surface area contributed by atoms with Gasteiger partial charge in [0.25, 0.3) is 5.56 Å². The molecule has 1 saturated heterocycles. The largest absolute Gasteiger partial charge is 0.481 e. The summed E-state index contributed by atoms with van der Waals surface area (Å²) in [6.07, 6.45) is 5.29. The Balaban J connectivity index is 2.17. The molecule has 1 N–H and O–H groups in total. The fourth-order valence-electron chi connectivity index (χ4n) is 2.50. The second kappa shape index (κ2) is 5.64. The van der Waals surface area contributed by atoms with Crippen LogP contribution in [-0.2, 0) is 11.3 Å². The summed E-state index contributed by atoms with van der Waals surface area (Å²) < 4.78 is 1.66. The maximum atomic E-state index is 12.3. The molecule has 6 nitrogen and oxygen atoms in total. The topological polar surface area (TPSA) is 75.4 Å². The van der Waals surface area contributed by atoms with Gasteiger partial charge in [0, 0.05) is 32.0 Å². The molecule has 0 saturated carbocycles. The molecule has 6 heteroatoms. The normalized spacial score (nSPS) is 18.0. The minimum Gasteiger partial charge on any atom is -0.481 e. The number of aromatic nitrogens is 2. The van der Waals surface area contributed by atoms with Crippen molar-refractivity contribution in [1.29, 1.82) is 0 Å². The van der Waals surface area contributed by atoms with Crippen LogP contribution in [0.2, 0.25) is 0 Å². The molecule has 0 spiro atoms. The van der Waals surface area contributed by atoms with Crippen molar-refractivity contribution in [2.45, 2.75) is 39.7 Å². The van der Waals surface area contributed by atoms with E-state index in [1.807, 2.05) is 11.8 Å². The molecule has 0 aliphatic carbocycles. The standard InChI is InChI=1S/C14H21N3O3/c1-3-7-17-10-6-15-11(12(17)18)16-8-4-14(2,5-9-16)13(19)20/h6,10H,3-5,7-9H2,1-2H3,(H,19,20). The van der Waals surface area contributed by atoms with Crippen LogP contribution in [0.4, 0.5) is 5.82 Å². The first-order valence-electron chi connectivity index (χ1n) is 7.02. The number of carbonyl (C=O) groups is 1. The van der Waals surface area contributed by atoms with Gasteiger partial charge >= 0.3 is 5.97 Å². The highest BCUT2D eigenvalue weighted by atomic mass is 16.4. The van der Waals surface area contributed by atoms with E-state index in [0.29, 0.717) is 38.3 Å². The molecular formula is C14H21N3O3. The average molecular weight is 279 g/mol. The van der Waals surface area contributed by atoms with Crippen molar-refractivity contribution in [3.63, 3.8) is 0 Å². The zero-order valence-corrected chi connectivity index (χ0v) is 12.0. The molecule has 0 aromatic carbocycles. The summed E-state index contributed by atoms with van der Waals surface area (Å²) in [6.45, 7) is 5.57. The first kappa shape index (κ1) is 14.6. The Morgan fingerprint density at radius 2 is 2.10 bits per heavy atom. The highest BCUT2D eigenvalue weighted by molar-refractivity contribution is 5.74. The van der Waals surface area contributed by atoms with Crippen LogP contribution in [0.25, 0.3) is 0 Å². The number of aryl methyl sites for hydroxylation is 1. The van der Waals surface area contributed by atoms with Crippen LogP contribution in [0.15, 0.2) is 17.2 Å². The van der Waals surface area contributed by atoms with Crippen LogP contribution >= 0.6 is 0 Å². The van der Waals surface area contributed by atoms with E-state index in [0.717, 1.165) is 6.42 Å². The molecule has 2 heterocycles. The Morgan fingerprint density at radius 1 is 1.45 bits per heavy atom. The van der Waals surface area contributed by atoms with Crippen LogP contribution in [-0.4, -0.2) is 33.7 Å². The predicted molar refractivity (Wildman–Crippen MR) is 76.0 cm³/mol. The number of hydrogen-bond donors (Lipinski definition) is 1. The van der Waals surface area contributed by atoms with Crippen LogP contribution in [0.1, 0.15) is 33.1 Å². The second-order valence-electron chi connectivity index (χ2n) is 5.60. The molecule has 110 valence electrons. The van der Waals surface area contributed by atoms with E-state index in [1.54, 1.807) is 23.9 Å². The first-order valence-corrected chi connectivity index (χ1v) is 7.02. The molecule has 20 heavy (non-hydrogen) atoms. The van der Waals surface area contributed by atoms with E-state index in [9.17, 15) is 14.7 Å². The molecule has 0 radical (unpaired) electrons. The third-order valence-electron chi connectivity index (χ3n) is 4.04. The van der Waals surface area contributed by atoms with Crippen molar-refractivity contribution in [3.05, 3.63) is 22.7 Å². The molecule has 0 unspecified atom stereocenters. The predicted octanol–water partition coefficient (Wildman–Crippen LogP) is 1.34. The summed E-state index contributed by atoms with van der Waals surface area (Å²) >= 11 is 0. The quantitative estimate of drug-likeness (QED) is 0.900. The van der Waals surface area contributed by atoms with E-state index < -0.39 is 11.4 Å². The SMILES string of the molecule is CCCn1ccnc(N2CCC(C)(C(=O)O)CC2)c1=O. The van der Waals surface area contributed by atoms with Crippen molar-refractivity contribution in [1.82, 2.24) is 9.55 Å². The maximum absolute atomic E-state index is 12.3. The Kier molecular flexibility index (Phi) is 4.11. The summed E-state index contributed by atoms with van der Waals surface area (Å²) in [5, 5.41) is 9.22. The smallest absolute Gasteiger partial charge is 0.309 e. The fraction of sp³-hybridized carbons (Fsp3) is 0.643. The van der Waals surface area contributed by atoms with Crippen LogP contribution in [0, 0.1) is 5.41 Å². The van der Waals surface area contributed by atoms with Gasteiger partial charge in [0.2, 0.25) is 0 Å². The lowest BCUT2D eigenvalue weighted by Gasteiger charge is -2.36. The molecule has 1 fully saturated rings. The molecule has 1 aliphatic rings. The Bertz CT molecular complexity index is 545. The van der Waals surface area contributed by atoms with Crippen molar-refractivity contribution < 1.29 is 9.90 Å². The van der Waals surface area contributed by atoms with Crippen LogP contribution < -0.4 is 10.5 Å². The highest BCUT2D eigenvalue weighted by Crippen LogP contribution is 2.31. The number of hydrogen-bond acceptors (Lipinski definition) is 4. The average Bonchev–Trinajstić information content (AvgIpc) is 2.42. The maximum Gasteiger partial charge on any atom is 0.309 e. The number of piperidine rings is 1. The lowest BCUT2D eigenvalue weighted by molar-refractivity contribution is -0.149. The van der Waals surface area contributed by atoms with E-state index in [1.165, 1.54) is 0 Å². The van der Waals surface area contributed by atoms with Crippen molar-refractivity contribution in [2.24, 2.45) is 5.41 Å². The first-order chi connectivity index (χ1) is 9.48. The van der Waals surface area contributed by atoms with Gasteiger partial charge in [0.15, 0.2) is 5.82 Å². The monoisotopic (exact) mass is 279 g/mol. The van der Waals surface area contributed by atoms with Gasteiger partial charge in [-0.1, -0.05) is 6.92 Å². The second-order valence-corrected chi connectivity index (χ2v) is 5.60. The molecule has 0 bridgehead atoms. The molecule has 1 aromatic heterocycles. The van der Waals surface area contributed by atoms with Gasteiger partial charge in [-0.05, 0) is 26.2 Å². The molecule has 2 rings (SSSR count). The number of aliphatic carboxylic acids is 1. The summed E-state index contributed by atoms with van der Waals surface area (Å²) in [5.41, 5.74) is -0.776. The van der Waals surface area contributed by atoms with Gasteiger partial charge in [-0.25, -0.2) is 4.98 Å². The minimum absolute atomic E-state index is 0.0896. The number of anilines is 1. The fourth-order valence-corrected chi connectivity index (χ4v) is 2.50. The van der Waals surface area contributed by atoms with Gasteiger partial charge in [-0.15, -0.1) is 0 Å². The van der Waals surface area contributed by atoms with E-state index in [4.69, 9.17) is 0 Å². The van der Waals surface area contributed by atoms with E-state index in [-0.39, 0.29) is 5.56 Å². The van der Waals surface area contributed by atoms with Gasteiger partial charge in [-0.2, -0.15) is 0 Å².